The van der Waals surface area contributed by atoms with Crippen LogP contribution in [0, 0.1) is 0 Å². The highest BCUT2D eigenvalue weighted by Crippen LogP contribution is 2.37. The van der Waals surface area contributed by atoms with Gasteiger partial charge in [0.25, 0.3) is 5.91 Å². The second kappa shape index (κ2) is 9.59. The molecular formula is C19H22ClNO8S. The molecule has 164 valence electrons. The van der Waals surface area contributed by atoms with Crippen LogP contribution >= 0.6 is 11.6 Å². The summed E-state index contributed by atoms with van der Waals surface area (Å²) in [6.45, 7) is 0.806. The molecule has 0 atom stereocenters. The number of hydrogen-bond donors (Lipinski definition) is 1. The lowest BCUT2D eigenvalue weighted by atomic mass is 9.90. The van der Waals surface area contributed by atoms with E-state index >= 15 is 0 Å². The first kappa shape index (κ1) is 23.8. The Morgan fingerprint density at radius 1 is 1.27 bits per heavy atom. The number of ketones is 2. The second-order valence-electron chi connectivity index (χ2n) is 6.45. The standard InChI is InChI=1S/C19H22ClNO8S/c1-4-30(26,27)14-9-8-11(18(25)16-12(22)6-5-7-13(16)23)17(20)19(14)29-10-15(24)21(2)28-3/h8-9,22H,4-7,10H2,1-3H3. The number of nitrogens with zero attached hydrogens (tertiary/aromatic N) is 1. The highest BCUT2D eigenvalue weighted by Gasteiger charge is 2.31. The summed E-state index contributed by atoms with van der Waals surface area (Å²) in [5, 5.41) is 10.5. The van der Waals surface area contributed by atoms with Crippen molar-refractivity contribution in [1.29, 1.82) is 0 Å². The zero-order chi connectivity index (χ0) is 22.6. The third kappa shape index (κ3) is 4.82. The van der Waals surface area contributed by atoms with Crippen LogP contribution in [0.4, 0.5) is 0 Å². The van der Waals surface area contributed by atoms with E-state index in [2.05, 4.69) is 0 Å². The number of hydrogen-bond acceptors (Lipinski definition) is 8. The number of hydroxylamine groups is 2. The minimum absolute atomic E-state index is 0.103. The maximum absolute atomic E-state index is 12.9. The van der Waals surface area contributed by atoms with E-state index in [-0.39, 0.29) is 51.2 Å². The van der Waals surface area contributed by atoms with Gasteiger partial charge in [0, 0.05) is 25.5 Å². The monoisotopic (exact) mass is 459 g/mol. The molecule has 1 N–H and O–H groups in total. The van der Waals surface area contributed by atoms with E-state index in [1.807, 2.05) is 0 Å². The summed E-state index contributed by atoms with van der Waals surface area (Å²) in [5.41, 5.74) is -0.596. The Balaban J connectivity index is 2.56. The van der Waals surface area contributed by atoms with Crippen LogP contribution in [0.3, 0.4) is 0 Å². The smallest absolute Gasteiger partial charge is 0.283 e. The number of halogens is 1. The fraction of sp³-hybridized carbons (Fsp3) is 0.421. The highest BCUT2D eigenvalue weighted by atomic mass is 35.5. The third-order valence-electron chi connectivity index (χ3n) is 4.60. The number of aliphatic hydroxyl groups is 1. The van der Waals surface area contributed by atoms with Gasteiger partial charge in [-0.25, -0.2) is 13.5 Å². The van der Waals surface area contributed by atoms with Crippen molar-refractivity contribution < 1.29 is 37.5 Å². The molecule has 1 amide bonds. The molecule has 2 rings (SSSR count). The minimum Gasteiger partial charge on any atom is -0.511 e. The molecule has 0 saturated heterocycles. The molecule has 0 saturated carbocycles. The first-order valence-electron chi connectivity index (χ1n) is 9.03. The van der Waals surface area contributed by atoms with E-state index in [1.165, 1.54) is 21.1 Å². The van der Waals surface area contributed by atoms with E-state index in [0.717, 1.165) is 17.2 Å². The van der Waals surface area contributed by atoms with Gasteiger partial charge < -0.3 is 9.84 Å². The maximum atomic E-state index is 12.9. The summed E-state index contributed by atoms with van der Waals surface area (Å²) in [7, 11) is -1.22. The molecule has 0 fully saturated rings. The molecule has 0 unspecified atom stereocenters. The van der Waals surface area contributed by atoms with Crippen molar-refractivity contribution in [3.05, 3.63) is 34.1 Å². The third-order valence-corrected chi connectivity index (χ3v) is 6.72. The Hall–Kier alpha value is -2.43. The van der Waals surface area contributed by atoms with Crippen molar-refractivity contribution in [3.63, 3.8) is 0 Å². The van der Waals surface area contributed by atoms with Gasteiger partial charge in [-0.1, -0.05) is 18.5 Å². The van der Waals surface area contributed by atoms with Gasteiger partial charge >= 0.3 is 0 Å². The second-order valence-corrected chi connectivity index (χ2v) is 9.07. The van der Waals surface area contributed by atoms with Crippen molar-refractivity contribution in [3.8, 4) is 5.75 Å². The number of sulfone groups is 1. The lowest BCUT2D eigenvalue weighted by molar-refractivity contribution is -0.170. The minimum atomic E-state index is -3.82. The van der Waals surface area contributed by atoms with Gasteiger partial charge in [0.2, 0.25) is 5.78 Å². The van der Waals surface area contributed by atoms with Gasteiger partial charge in [0.15, 0.2) is 28.0 Å². The SMILES string of the molecule is CCS(=O)(=O)c1ccc(C(=O)C2=C(O)CCCC2=O)c(Cl)c1OCC(=O)N(C)OC. The van der Waals surface area contributed by atoms with Gasteiger partial charge in [0.1, 0.15) is 16.2 Å². The first-order chi connectivity index (χ1) is 14.0. The van der Waals surface area contributed by atoms with Gasteiger partial charge in [0.05, 0.1) is 17.9 Å². The first-order valence-corrected chi connectivity index (χ1v) is 11.1. The molecule has 1 aromatic carbocycles. The predicted octanol–water partition coefficient (Wildman–Crippen LogP) is 2.28. The average molecular weight is 460 g/mol. The molecule has 9 nitrogen and oxygen atoms in total. The van der Waals surface area contributed by atoms with Gasteiger partial charge in [-0.2, -0.15) is 0 Å². The number of amides is 1. The zero-order valence-electron chi connectivity index (χ0n) is 16.7. The summed E-state index contributed by atoms with van der Waals surface area (Å²) in [6.07, 6.45) is 0.701. The number of carbonyl (C=O) groups excluding carboxylic acids is 3. The van der Waals surface area contributed by atoms with E-state index in [9.17, 15) is 27.9 Å². The Labute approximate surface area is 179 Å². The Morgan fingerprint density at radius 2 is 1.93 bits per heavy atom. The normalized spacial score (nSPS) is 14.6. The Morgan fingerprint density at radius 3 is 2.50 bits per heavy atom. The molecule has 0 aliphatic heterocycles. The van der Waals surface area contributed by atoms with Crippen LogP contribution in [-0.2, 0) is 24.3 Å². The van der Waals surface area contributed by atoms with E-state index in [4.69, 9.17) is 21.2 Å². The summed E-state index contributed by atoms with van der Waals surface area (Å²) >= 11 is 6.30. The predicted molar refractivity (Wildman–Crippen MR) is 107 cm³/mol. The maximum Gasteiger partial charge on any atom is 0.283 e. The van der Waals surface area contributed by atoms with Crippen LogP contribution in [0.15, 0.2) is 28.4 Å². The van der Waals surface area contributed by atoms with Crippen LogP contribution in [-0.4, -0.2) is 62.6 Å². The van der Waals surface area contributed by atoms with Crippen molar-refractivity contribution in [2.45, 2.75) is 31.1 Å². The summed E-state index contributed by atoms with van der Waals surface area (Å²) in [6, 6.07) is 2.29. The zero-order valence-corrected chi connectivity index (χ0v) is 18.3. The summed E-state index contributed by atoms with van der Waals surface area (Å²) in [4.78, 5) is 41.4. The molecule has 0 aromatic heterocycles. The number of aliphatic hydroxyl groups excluding tert-OH is 1. The molecule has 0 spiro atoms. The molecular weight excluding hydrogens is 438 g/mol. The Bertz CT molecular complexity index is 1020. The van der Waals surface area contributed by atoms with Gasteiger partial charge in [-0.15, -0.1) is 0 Å². The number of Topliss-reactive ketones (excluding diaryl/α,β-unsaturated/α-hetero) is 2. The van der Waals surface area contributed by atoms with E-state index < -0.39 is 33.9 Å². The van der Waals surface area contributed by atoms with Crippen molar-refractivity contribution >= 4 is 38.9 Å². The lowest BCUT2D eigenvalue weighted by Crippen LogP contribution is -2.30. The largest absolute Gasteiger partial charge is 0.511 e. The van der Waals surface area contributed by atoms with Crippen LogP contribution in [0.5, 0.6) is 5.75 Å². The fourth-order valence-corrected chi connectivity index (χ4v) is 4.19. The lowest BCUT2D eigenvalue weighted by Gasteiger charge is -2.19. The summed E-state index contributed by atoms with van der Waals surface area (Å²) < 4.78 is 30.3. The molecule has 30 heavy (non-hydrogen) atoms. The highest BCUT2D eigenvalue weighted by molar-refractivity contribution is 7.91. The molecule has 0 bridgehead atoms. The fourth-order valence-electron chi connectivity index (χ4n) is 2.79. The molecule has 11 heteroatoms. The van der Waals surface area contributed by atoms with E-state index in [0.29, 0.717) is 6.42 Å². The molecule has 1 aromatic rings. The molecule has 1 aliphatic carbocycles. The van der Waals surface area contributed by atoms with E-state index in [1.54, 1.807) is 0 Å². The quantitative estimate of drug-likeness (QED) is 0.356. The van der Waals surface area contributed by atoms with Crippen LogP contribution < -0.4 is 4.74 Å². The van der Waals surface area contributed by atoms with Crippen molar-refractivity contribution in [1.82, 2.24) is 5.06 Å². The van der Waals surface area contributed by atoms with Crippen molar-refractivity contribution in [2.75, 3.05) is 26.5 Å². The van der Waals surface area contributed by atoms with Crippen LogP contribution in [0.2, 0.25) is 5.02 Å². The van der Waals surface area contributed by atoms with Gasteiger partial charge in [-0.05, 0) is 18.6 Å². The van der Waals surface area contributed by atoms with Gasteiger partial charge in [-0.3, -0.25) is 19.2 Å². The number of benzene rings is 1. The molecule has 0 radical (unpaired) electrons. The number of rotatable bonds is 8. The molecule has 1 aliphatic rings. The number of carbonyl (C=O) groups is 3. The van der Waals surface area contributed by atoms with Crippen LogP contribution in [0.1, 0.15) is 36.5 Å². The topological polar surface area (TPSA) is 127 Å². The van der Waals surface area contributed by atoms with Crippen LogP contribution in [0.25, 0.3) is 0 Å². The number of allylic oxidation sites excluding steroid dienone is 2. The van der Waals surface area contributed by atoms with Crippen molar-refractivity contribution in [2.24, 2.45) is 0 Å². The number of likely N-dealkylation sites (N-methyl/N-ethyl adjacent to an activating group) is 1. The molecule has 0 heterocycles. The summed E-state index contributed by atoms with van der Waals surface area (Å²) in [5.74, 6) is -2.99. The average Bonchev–Trinajstić information content (AvgIpc) is 2.71. The Kier molecular flexibility index (Phi) is 7.62. The number of ether oxygens (including phenoxy) is 1.